The number of likely N-dealkylation sites (N-methyl/N-ethyl adjacent to an activating group) is 1. The van der Waals surface area contributed by atoms with E-state index in [0.29, 0.717) is 17.1 Å². The topological polar surface area (TPSA) is 18.5 Å². The third-order valence-electron chi connectivity index (χ3n) is 3.46. The van der Waals surface area contributed by atoms with E-state index in [1.165, 1.54) is 6.07 Å². The number of nitrogens with one attached hydrogen (secondary N) is 1. The van der Waals surface area contributed by atoms with Crippen LogP contribution in [0.4, 0.5) is 4.39 Å². The van der Waals surface area contributed by atoms with E-state index in [4.69, 9.17) is 11.6 Å². The summed E-state index contributed by atoms with van der Waals surface area (Å²) in [6.07, 6.45) is 0. The van der Waals surface area contributed by atoms with Crippen molar-refractivity contribution in [1.29, 1.82) is 0 Å². The van der Waals surface area contributed by atoms with Gasteiger partial charge in [-0.2, -0.15) is 0 Å². The van der Waals surface area contributed by atoms with Gasteiger partial charge in [0.1, 0.15) is 5.82 Å². The van der Waals surface area contributed by atoms with Crippen LogP contribution in [0, 0.1) is 5.82 Å². The molecule has 1 aliphatic heterocycles. The Bertz CT molecular complexity index is 414. The van der Waals surface area contributed by atoms with Crippen molar-refractivity contribution in [3.63, 3.8) is 0 Å². The molecule has 0 radical (unpaired) electrons. The summed E-state index contributed by atoms with van der Waals surface area (Å²) in [5.74, 6) is -0.182. The van der Waals surface area contributed by atoms with Crippen molar-refractivity contribution in [2.45, 2.75) is 6.54 Å². The summed E-state index contributed by atoms with van der Waals surface area (Å²) < 4.78 is 13.6. The van der Waals surface area contributed by atoms with Gasteiger partial charge in [0.25, 0.3) is 0 Å². The first-order chi connectivity index (χ1) is 9.15. The number of halogens is 4. The van der Waals surface area contributed by atoms with Crippen molar-refractivity contribution in [2.24, 2.45) is 0 Å². The SMILES string of the molecule is CN(CCN1CCNCC1)Cc1cc(Cl)ccc1F.Cl.Cl. The Kier molecular flexibility index (Phi) is 10.5. The molecule has 21 heavy (non-hydrogen) atoms. The maximum Gasteiger partial charge on any atom is 0.127 e. The summed E-state index contributed by atoms with van der Waals surface area (Å²) in [6.45, 7) is 6.88. The van der Waals surface area contributed by atoms with Gasteiger partial charge in [0.2, 0.25) is 0 Å². The van der Waals surface area contributed by atoms with Crippen molar-refractivity contribution in [3.05, 3.63) is 34.6 Å². The van der Waals surface area contributed by atoms with Crippen molar-refractivity contribution in [2.75, 3.05) is 46.3 Å². The highest BCUT2D eigenvalue weighted by Crippen LogP contribution is 2.16. The Labute approximate surface area is 143 Å². The maximum absolute atomic E-state index is 13.6. The average Bonchev–Trinajstić information content (AvgIpc) is 2.42. The summed E-state index contributed by atoms with van der Waals surface area (Å²) in [7, 11) is 2.02. The molecule has 122 valence electrons. The molecule has 1 heterocycles. The highest BCUT2D eigenvalue weighted by molar-refractivity contribution is 6.30. The second-order valence-electron chi connectivity index (χ2n) is 5.07. The number of hydrogen-bond acceptors (Lipinski definition) is 3. The van der Waals surface area contributed by atoms with Gasteiger partial charge in [0.05, 0.1) is 0 Å². The zero-order valence-corrected chi connectivity index (χ0v) is 14.5. The van der Waals surface area contributed by atoms with Crippen molar-refractivity contribution < 1.29 is 4.39 Å². The average molecular weight is 359 g/mol. The number of piperazine rings is 1. The Morgan fingerprint density at radius 3 is 2.62 bits per heavy atom. The molecular weight excluding hydrogens is 336 g/mol. The molecule has 0 spiro atoms. The fourth-order valence-electron chi connectivity index (χ4n) is 2.28. The van der Waals surface area contributed by atoms with E-state index in [2.05, 4.69) is 15.1 Å². The van der Waals surface area contributed by atoms with Gasteiger partial charge in [-0.1, -0.05) is 11.6 Å². The lowest BCUT2D eigenvalue weighted by Crippen LogP contribution is -2.45. The minimum absolute atomic E-state index is 0. The standard InChI is InChI=1S/C14H21ClFN3.2ClH/c1-18(8-9-19-6-4-17-5-7-19)11-12-10-13(15)2-3-14(12)16;;/h2-3,10,17H,4-9,11H2,1H3;2*1H. The Hall–Kier alpha value is -0.100. The van der Waals surface area contributed by atoms with Crippen LogP contribution in [0.15, 0.2) is 18.2 Å². The lowest BCUT2D eigenvalue weighted by Gasteiger charge is -2.29. The van der Waals surface area contributed by atoms with E-state index in [-0.39, 0.29) is 30.6 Å². The molecule has 0 bridgehead atoms. The van der Waals surface area contributed by atoms with Crippen molar-refractivity contribution in [1.82, 2.24) is 15.1 Å². The van der Waals surface area contributed by atoms with Gasteiger partial charge >= 0.3 is 0 Å². The first-order valence-corrected chi connectivity index (χ1v) is 7.08. The molecule has 1 aromatic rings. The summed E-state index contributed by atoms with van der Waals surface area (Å²) in [4.78, 5) is 4.57. The number of rotatable bonds is 5. The lowest BCUT2D eigenvalue weighted by molar-refractivity contribution is 0.201. The van der Waals surface area contributed by atoms with Gasteiger partial charge < -0.3 is 10.2 Å². The Morgan fingerprint density at radius 2 is 1.95 bits per heavy atom. The number of benzene rings is 1. The van der Waals surface area contributed by atoms with Gasteiger partial charge in [-0.3, -0.25) is 4.90 Å². The smallest absolute Gasteiger partial charge is 0.127 e. The first kappa shape index (κ1) is 20.9. The van der Waals surface area contributed by atoms with Crippen LogP contribution in [-0.4, -0.2) is 56.1 Å². The second kappa shape index (κ2) is 10.6. The highest BCUT2D eigenvalue weighted by atomic mass is 35.5. The lowest BCUT2D eigenvalue weighted by atomic mass is 10.2. The summed E-state index contributed by atoms with van der Waals surface area (Å²) in [5.41, 5.74) is 0.662. The van der Waals surface area contributed by atoms with Crippen LogP contribution in [0.2, 0.25) is 5.02 Å². The molecule has 0 unspecified atom stereocenters. The molecule has 0 aromatic heterocycles. The molecule has 1 aromatic carbocycles. The molecule has 0 aliphatic carbocycles. The third-order valence-corrected chi connectivity index (χ3v) is 3.69. The largest absolute Gasteiger partial charge is 0.314 e. The predicted molar refractivity (Wildman–Crippen MR) is 91.5 cm³/mol. The van der Waals surface area contributed by atoms with Gasteiger partial charge in [0.15, 0.2) is 0 Å². The molecule has 0 saturated carbocycles. The minimum atomic E-state index is -0.182. The van der Waals surface area contributed by atoms with Gasteiger partial charge in [0, 0.05) is 56.4 Å². The molecule has 1 aliphatic rings. The van der Waals surface area contributed by atoms with E-state index in [1.54, 1.807) is 12.1 Å². The van der Waals surface area contributed by atoms with Crippen LogP contribution in [-0.2, 0) is 6.54 Å². The van der Waals surface area contributed by atoms with Crippen LogP contribution in [0.1, 0.15) is 5.56 Å². The monoisotopic (exact) mass is 357 g/mol. The third kappa shape index (κ3) is 7.13. The highest BCUT2D eigenvalue weighted by Gasteiger charge is 2.11. The van der Waals surface area contributed by atoms with E-state index < -0.39 is 0 Å². The van der Waals surface area contributed by atoms with Crippen molar-refractivity contribution in [3.8, 4) is 0 Å². The van der Waals surface area contributed by atoms with Crippen LogP contribution >= 0.6 is 36.4 Å². The van der Waals surface area contributed by atoms with E-state index in [9.17, 15) is 4.39 Å². The molecule has 1 N–H and O–H groups in total. The number of hydrogen-bond donors (Lipinski definition) is 1. The Balaban J connectivity index is 0.00000200. The Morgan fingerprint density at radius 1 is 1.29 bits per heavy atom. The van der Waals surface area contributed by atoms with Crippen LogP contribution in [0.25, 0.3) is 0 Å². The quantitative estimate of drug-likeness (QED) is 0.873. The molecule has 1 fully saturated rings. The summed E-state index contributed by atoms with van der Waals surface area (Å²) in [5, 5.41) is 3.93. The molecule has 0 amide bonds. The van der Waals surface area contributed by atoms with E-state index in [1.807, 2.05) is 7.05 Å². The van der Waals surface area contributed by atoms with E-state index >= 15 is 0 Å². The molecule has 0 atom stereocenters. The summed E-state index contributed by atoms with van der Waals surface area (Å²) in [6, 6.07) is 4.72. The molecule has 7 heteroatoms. The van der Waals surface area contributed by atoms with Crippen LogP contribution < -0.4 is 5.32 Å². The number of nitrogens with zero attached hydrogens (tertiary/aromatic N) is 2. The predicted octanol–water partition coefficient (Wildman–Crippen LogP) is 2.66. The molecule has 2 rings (SSSR count). The zero-order valence-electron chi connectivity index (χ0n) is 12.1. The van der Waals surface area contributed by atoms with E-state index in [0.717, 1.165) is 39.3 Å². The van der Waals surface area contributed by atoms with Crippen LogP contribution in [0.3, 0.4) is 0 Å². The first-order valence-electron chi connectivity index (χ1n) is 6.71. The normalized spacial score (nSPS) is 15.4. The maximum atomic E-state index is 13.6. The minimum Gasteiger partial charge on any atom is -0.314 e. The summed E-state index contributed by atoms with van der Waals surface area (Å²) >= 11 is 5.90. The molecular formula is C14H23Cl3FN3. The fraction of sp³-hybridized carbons (Fsp3) is 0.571. The molecule has 1 saturated heterocycles. The molecule has 3 nitrogen and oxygen atoms in total. The van der Waals surface area contributed by atoms with Crippen molar-refractivity contribution >= 4 is 36.4 Å². The second-order valence-corrected chi connectivity index (χ2v) is 5.50. The fourth-order valence-corrected chi connectivity index (χ4v) is 2.48. The zero-order chi connectivity index (χ0) is 13.7. The van der Waals surface area contributed by atoms with Crippen LogP contribution in [0.5, 0.6) is 0 Å². The van der Waals surface area contributed by atoms with Gasteiger partial charge in [-0.05, 0) is 25.2 Å². The van der Waals surface area contributed by atoms with Gasteiger partial charge in [-0.25, -0.2) is 4.39 Å². The van der Waals surface area contributed by atoms with Gasteiger partial charge in [-0.15, -0.1) is 24.8 Å².